The van der Waals surface area contributed by atoms with Gasteiger partial charge in [-0.15, -0.1) is 0 Å². The SMILES string of the molecule is CCNC(C)(CN1CCC(C)C1)C(N)=O. The highest BCUT2D eigenvalue weighted by Crippen LogP contribution is 2.17. The molecule has 4 heteroatoms. The van der Waals surface area contributed by atoms with Gasteiger partial charge in [-0.3, -0.25) is 4.79 Å². The van der Waals surface area contributed by atoms with E-state index in [2.05, 4.69) is 17.1 Å². The molecule has 3 N–H and O–H groups in total. The topological polar surface area (TPSA) is 58.4 Å². The molecule has 0 aromatic heterocycles. The third kappa shape index (κ3) is 3.18. The lowest BCUT2D eigenvalue weighted by Crippen LogP contribution is -2.59. The molecule has 1 fully saturated rings. The number of nitrogens with two attached hydrogens (primary N) is 1. The number of nitrogens with zero attached hydrogens (tertiary/aromatic N) is 1. The number of amides is 1. The summed E-state index contributed by atoms with van der Waals surface area (Å²) in [6.45, 7) is 9.78. The maximum absolute atomic E-state index is 11.4. The van der Waals surface area contributed by atoms with Crippen LogP contribution in [0.25, 0.3) is 0 Å². The van der Waals surface area contributed by atoms with Gasteiger partial charge >= 0.3 is 0 Å². The van der Waals surface area contributed by atoms with Crippen molar-refractivity contribution in [2.75, 3.05) is 26.2 Å². The third-order valence-electron chi connectivity index (χ3n) is 3.16. The van der Waals surface area contributed by atoms with Gasteiger partial charge in [0, 0.05) is 13.1 Å². The van der Waals surface area contributed by atoms with E-state index in [0.717, 1.165) is 32.1 Å². The first-order valence-electron chi connectivity index (χ1n) is 5.75. The molecule has 1 heterocycles. The van der Waals surface area contributed by atoms with Crippen molar-refractivity contribution in [2.24, 2.45) is 11.7 Å². The summed E-state index contributed by atoms with van der Waals surface area (Å²) in [6.07, 6.45) is 1.22. The van der Waals surface area contributed by atoms with Gasteiger partial charge in [0.2, 0.25) is 5.91 Å². The fourth-order valence-corrected chi connectivity index (χ4v) is 2.23. The number of likely N-dealkylation sites (tertiary alicyclic amines) is 1. The van der Waals surface area contributed by atoms with Crippen molar-refractivity contribution < 1.29 is 4.79 Å². The molecule has 88 valence electrons. The molecule has 1 aliphatic rings. The Balaban J connectivity index is 2.55. The lowest BCUT2D eigenvalue weighted by atomic mass is 10.0. The van der Waals surface area contributed by atoms with E-state index in [1.54, 1.807) is 0 Å². The van der Waals surface area contributed by atoms with Gasteiger partial charge in [0.15, 0.2) is 0 Å². The highest BCUT2D eigenvalue weighted by Gasteiger charge is 2.34. The van der Waals surface area contributed by atoms with Crippen LogP contribution in [0.2, 0.25) is 0 Å². The fraction of sp³-hybridized carbons (Fsp3) is 0.909. The predicted octanol–water partition coefficient (Wildman–Crippen LogP) is 0.182. The Bertz CT molecular complexity index is 232. The first kappa shape index (κ1) is 12.5. The number of carbonyl (C=O) groups excluding carboxylic acids is 1. The molecule has 0 saturated carbocycles. The Kier molecular flexibility index (Phi) is 4.11. The van der Waals surface area contributed by atoms with E-state index < -0.39 is 5.54 Å². The summed E-state index contributed by atoms with van der Waals surface area (Å²) < 4.78 is 0. The van der Waals surface area contributed by atoms with Gasteiger partial charge < -0.3 is 16.0 Å². The largest absolute Gasteiger partial charge is 0.368 e. The Labute approximate surface area is 92.2 Å². The number of hydrogen-bond donors (Lipinski definition) is 2. The zero-order chi connectivity index (χ0) is 11.5. The van der Waals surface area contributed by atoms with Crippen LogP contribution in [0.3, 0.4) is 0 Å². The van der Waals surface area contributed by atoms with Crippen molar-refractivity contribution in [1.29, 1.82) is 0 Å². The molecular weight excluding hydrogens is 190 g/mol. The van der Waals surface area contributed by atoms with E-state index >= 15 is 0 Å². The Morgan fingerprint density at radius 3 is 2.73 bits per heavy atom. The molecule has 0 radical (unpaired) electrons. The van der Waals surface area contributed by atoms with Crippen LogP contribution >= 0.6 is 0 Å². The number of rotatable bonds is 5. The number of hydrogen-bond acceptors (Lipinski definition) is 3. The van der Waals surface area contributed by atoms with Gasteiger partial charge in [-0.05, 0) is 32.4 Å². The summed E-state index contributed by atoms with van der Waals surface area (Å²) in [5.74, 6) is 0.479. The molecule has 0 aromatic rings. The molecule has 15 heavy (non-hydrogen) atoms. The highest BCUT2D eigenvalue weighted by molar-refractivity contribution is 5.84. The molecule has 2 unspecified atom stereocenters. The summed E-state index contributed by atoms with van der Waals surface area (Å²) in [5.41, 5.74) is 4.86. The fourth-order valence-electron chi connectivity index (χ4n) is 2.23. The van der Waals surface area contributed by atoms with Gasteiger partial charge in [-0.1, -0.05) is 13.8 Å². The molecule has 0 aliphatic carbocycles. The van der Waals surface area contributed by atoms with E-state index in [9.17, 15) is 4.79 Å². The predicted molar refractivity (Wildman–Crippen MR) is 61.5 cm³/mol. The van der Waals surface area contributed by atoms with Crippen LogP contribution < -0.4 is 11.1 Å². The Hall–Kier alpha value is -0.610. The first-order valence-corrected chi connectivity index (χ1v) is 5.75. The normalized spacial score (nSPS) is 26.5. The van der Waals surface area contributed by atoms with Crippen molar-refractivity contribution in [3.63, 3.8) is 0 Å². The average Bonchev–Trinajstić information content (AvgIpc) is 2.51. The lowest BCUT2D eigenvalue weighted by Gasteiger charge is -2.31. The minimum absolute atomic E-state index is 0.260. The van der Waals surface area contributed by atoms with Crippen LogP contribution in [0.15, 0.2) is 0 Å². The zero-order valence-corrected chi connectivity index (χ0v) is 10.0. The standard InChI is InChI=1S/C11H23N3O/c1-4-13-11(3,10(12)15)8-14-6-5-9(2)7-14/h9,13H,4-8H2,1-3H3,(H2,12,15). The summed E-state index contributed by atoms with van der Waals surface area (Å²) >= 11 is 0. The van der Waals surface area contributed by atoms with E-state index in [4.69, 9.17) is 5.73 Å². The maximum atomic E-state index is 11.4. The van der Waals surface area contributed by atoms with Crippen molar-refractivity contribution in [1.82, 2.24) is 10.2 Å². The van der Waals surface area contributed by atoms with E-state index in [1.807, 2.05) is 13.8 Å². The van der Waals surface area contributed by atoms with Gasteiger partial charge in [-0.2, -0.15) is 0 Å². The quantitative estimate of drug-likeness (QED) is 0.685. The van der Waals surface area contributed by atoms with E-state index in [1.165, 1.54) is 6.42 Å². The second kappa shape index (κ2) is 4.94. The molecule has 2 atom stereocenters. The summed E-state index contributed by atoms with van der Waals surface area (Å²) in [5, 5.41) is 3.18. The van der Waals surface area contributed by atoms with Gasteiger partial charge in [0.25, 0.3) is 0 Å². The van der Waals surface area contributed by atoms with E-state index in [0.29, 0.717) is 0 Å². The second-order valence-corrected chi connectivity index (χ2v) is 4.86. The van der Waals surface area contributed by atoms with Crippen LogP contribution in [0.4, 0.5) is 0 Å². The monoisotopic (exact) mass is 213 g/mol. The molecule has 4 nitrogen and oxygen atoms in total. The molecule has 0 spiro atoms. The van der Waals surface area contributed by atoms with Crippen LogP contribution in [0.5, 0.6) is 0 Å². The molecule has 0 bridgehead atoms. The Morgan fingerprint density at radius 1 is 1.67 bits per heavy atom. The number of carbonyl (C=O) groups is 1. The van der Waals surface area contributed by atoms with E-state index in [-0.39, 0.29) is 5.91 Å². The molecule has 1 rings (SSSR count). The molecular formula is C11H23N3O. The molecule has 1 amide bonds. The van der Waals surface area contributed by atoms with Crippen LogP contribution in [-0.2, 0) is 4.79 Å². The highest BCUT2D eigenvalue weighted by atomic mass is 16.1. The average molecular weight is 213 g/mol. The van der Waals surface area contributed by atoms with Crippen molar-refractivity contribution in [3.05, 3.63) is 0 Å². The number of nitrogens with one attached hydrogen (secondary N) is 1. The smallest absolute Gasteiger partial charge is 0.238 e. The summed E-state index contributed by atoms with van der Waals surface area (Å²) in [6, 6.07) is 0. The van der Waals surface area contributed by atoms with Crippen molar-refractivity contribution >= 4 is 5.91 Å². The zero-order valence-electron chi connectivity index (χ0n) is 10.0. The maximum Gasteiger partial charge on any atom is 0.238 e. The van der Waals surface area contributed by atoms with Gasteiger partial charge in [0.1, 0.15) is 5.54 Å². The summed E-state index contributed by atoms with van der Waals surface area (Å²) in [4.78, 5) is 13.7. The molecule has 1 aliphatic heterocycles. The Morgan fingerprint density at radius 2 is 2.33 bits per heavy atom. The third-order valence-corrected chi connectivity index (χ3v) is 3.16. The number of primary amides is 1. The summed E-state index contributed by atoms with van der Waals surface area (Å²) in [7, 11) is 0. The van der Waals surface area contributed by atoms with Crippen molar-refractivity contribution in [2.45, 2.75) is 32.7 Å². The minimum Gasteiger partial charge on any atom is -0.368 e. The van der Waals surface area contributed by atoms with Gasteiger partial charge in [0.05, 0.1) is 0 Å². The molecule has 0 aromatic carbocycles. The molecule has 1 saturated heterocycles. The number of likely N-dealkylation sites (N-methyl/N-ethyl adjacent to an activating group) is 1. The van der Waals surface area contributed by atoms with Crippen LogP contribution in [-0.4, -0.2) is 42.5 Å². The van der Waals surface area contributed by atoms with Crippen LogP contribution in [0.1, 0.15) is 27.2 Å². The second-order valence-electron chi connectivity index (χ2n) is 4.86. The lowest BCUT2D eigenvalue weighted by molar-refractivity contribution is -0.124. The van der Waals surface area contributed by atoms with Gasteiger partial charge in [-0.25, -0.2) is 0 Å². The minimum atomic E-state index is -0.585. The van der Waals surface area contributed by atoms with Crippen LogP contribution in [0, 0.1) is 5.92 Å². The first-order chi connectivity index (χ1) is 6.98. The van der Waals surface area contributed by atoms with Crippen molar-refractivity contribution in [3.8, 4) is 0 Å².